The number of aliphatic hydroxyl groups excluding tert-OH is 1. The van der Waals surface area contributed by atoms with Crippen LogP contribution in [0.1, 0.15) is 55.7 Å². The van der Waals surface area contributed by atoms with Crippen LogP contribution in [0.5, 0.6) is 5.75 Å². The molecule has 0 aliphatic heterocycles. The van der Waals surface area contributed by atoms with E-state index in [2.05, 4.69) is 39.8 Å². The van der Waals surface area contributed by atoms with Crippen molar-refractivity contribution in [2.24, 2.45) is 5.92 Å². The Hall–Kier alpha value is -1.02. The highest BCUT2D eigenvalue weighted by Gasteiger charge is 2.30. The maximum Gasteiger partial charge on any atom is 0.125 e. The van der Waals surface area contributed by atoms with Crippen molar-refractivity contribution in [3.05, 3.63) is 28.8 Å². The Kier molecular flexibility index (Phi) is 5.09. The first-order valence-corrected chi connectivity index (χ1v) is 7.93. The van der Waals surface area contributed by atoms with E-state index in [-0.39, 0.29) is 12.2 Å². The zero-order chi connectivity index (χ0) is 14.7. The first-order valence-electron chi connectivity index (χ1n) is 7.93. The van der Waals surface area contributed by atoms with Crippen LogP contribution < -0.4 is 4.74 Å². The minimum absolute atomic E-state index is 0.0415. The van der Waals surface area contributed by atoms with Gasteiger partial charge in [-0.15, -0.1) is 0 Å². The van der Waals surface area contributed by atoms with Gasteiger partial charge in [0.15, 0.2) is 0 Å². The van der Waals surface area contributed by atoms with Crippen molar-refractivity contribution >= 4 is 0 Å². The van der Waals surface area contributed by atoms with E-state index >= 15 is 0 Å². The number of aliphatic hydroxyl groups is 1. The molecule has 0 spiro atoms. The molecule has 1 saturated carbocycles. The molecule has 0 heterocycles. The first-order chi connectivity index (χ1) is 9.51. The average Bonchev–Trinajstić information content (AvgIpc) is 2.39. The molecule has 2 rings (SSSR count). The number of hydrogen-bond acceptors (Lipinski definition) is 2. The van der Waals surface area contributed by atoms with Gasteiger partial charge in [-0.05, 0) is 68.7 Å². The van der Waals surface area contributed by atoms with Crippen LogP contribution in [-0.2, 0) is 0 Å². The van der Waals surface area contributed by atoms with Gasteiger partial charge in [0.05, 0.1) is 6.10 Å². The zero-order valence-corrected chi connectivity index (χ0v) is 13.3. The van der Waals surface area contributed by atoms with Crippen molar-refractivity contribution in [1.82, 2.24) is 0 Å². The Morgan fingerprint density at radius 2 is 1.95 bits per heavy atom. The molecule has 1 fully saturated rings. The second-order valence-electron chi connectivity index (χ2n) is 6.40. The van der Waals surface area contributed by atoms with Crippen LogP contribution >= 0.6 is 0 Å². The Morgan fingerprint density at radius 3 is 2.65 bits per heavy atom. The summed E-state index contributed by atoms with van der Waals surface area (Å²) in [5.74, 6) is 1.66. The molecule has 1 N–H and O–H groups in total. The van der Waals surface area contributed by atoms with Crippen molar-refractivity contribution in [3.63, 3.8) is 0 Å². The quantitative estimate of drug-likeness (QED) is 0.887. The summed E-state index contributed by atoms with van der Waals surface area (Å²) in [6, 6.07) is 4.28. The summed E-state index contributed by atoms with van der Waals surface area (Å²) in [7, 11) is 0. The van der Waals surface area contributed by atoms with Crippen molar-refractivity contribution in [2.75, 3.05) is 0 Å². The van der Waals surface area contributed by atoms with E-state index < -0.39 is 0 Å². The predicted molar refractivity (Wildman–Crippen MR) is 83.3 cm³/mol. The summed E-state index contributed by atoms with van der Waals surface area (Å²) in [6.07, 6.45) is 5.11. The van der Waals surface area contributed by atoms with Crippen molar-refractivity contribution in [1.29, 1.82) is 0 Å². The highest BCUT2D eigenvalue weighted by atomic mass is 16.5. The zero-order valence-electron chi connectivity index (χ0n) is 13.3. The molecule has 0 bridgehead atoms. The molecule has 1 aliphatic carbocycles. The summed E-state index contributed by atoms with van der Waals surface area (Å²) in [5, 5.41) is 10.2. The van der Waals surface area contributed by atoms with Gasteiger partial charge in [0.2, 0.25) is 0 Å². The number of rotatable bonds is 4. The lowest BCUT2D eigenvalue weighted by atomic mass is 9.83. The van der Waals surface area contributed by atoms with E-state index in [1.54, 1.807) is 0 Å². The van der Waals surface area contributed by atoms with Gasteiger partial charge in [-0.1, -0.05) is 25.8 Å². The normalized spacial score (nSPS) is 26.6. The molecule has 2 nitrogen and oxygen atoms in total. The van der Waals surface area contributed by atoms with E-state index in [0.29, 0.717) is 5.92 Å². The monoisotopic (exact) mass is 276 g/mol. The predicted octanol–water partition coefficient (Wildman–Crippen LogP) is 4.32. The van der Waals surface area contributed by atoms with Gasteiger partial charge in [0.1, 0.15) is 11.9 Å². The van der Waals surface area contributed by atoms with E-state index in [9.17, 15) is 5.11 Å². The summed E-state index contributed by atoms with van der Waals surface area (Å²) in [6.45, 7) is 8.54. The molecule has 112 valence electrons. The van der Waals surface area contributed by atoms with Crippen LogP contribution in [0, 0.1) is 26.7 Å². The van der Waals surface area contributed by atoms with Crippen molar-refractivity contribution in [2.45, 2.75) is 72.0 Å². The van der Waals surface area contributed by atoms with Gasteiger partial charge in [-0.2, -0.15) is 0 Å². The molecule has 20 heavy (non-hydrogen) atoms. The molecule has 1 aliphatic rings. The van der Waals surface area contributed by atoms with E-state index in [1.807, 2.05) is 0 Å². The summed E-state index contributed by atoms with van der Waals surface area (Å²) < 4.78 is 6.19. The highest BCUT2D eigenvalue weighted by Crippen LogP contribution is 2.32. The molecule has 0 radical (unpaired) electrons. The van der Waals surface area contributed by atoms with E-state index in [1.165, 1.54) is 29.5 Å². The molecule has 2 heteroatoms. The smallest absolute Gasteiger partial charge is 0.125 e. The van der Waals surface area contributed by atoms with Gasteiger partial charge >= 0.3 is 0 Å². The largest absolute Gasteiger partial charge is 0.487 e. The minimum atomic E-state index is -0.316. The Bertz CT molecular complexity index is 453. The van der Waals surface area contributed by atoms with E-state index in [0.717, 1.165) is 25.0 Å². The number of ether oxygens (including phenoxy) is 1. The first kappa shape index (κ1) is 15.4. The fraction of sp³-hybridized carbons (Fsp3) is 0.667. The third-order valence-corrected chi connectivity index (χ3v) is 4.60. The molecule has 0 aromatic heterocycles. The highest BCUT2D eigenvalue weighted by molar-refractivity contribution is 5.42. The van der Waals surface area contributed by atoms with Gasteiger partial charge in [-0.25, -0.2) is 0 Å². The van der Waals surface area contributed by atoms with Crippen LogP contribution in [0.3, 0.4) is 0 Å². The second kappa shape index (κ2) is 6.62. The standard InChI is InChI=1S/C18H28O2/c1-5-6-15-7-8-16(19)18(11-15)20-17-10-12(2)9-13(3)14(17)4/h9-10,15-16,18-19H,5-8,11H2,1-4H3. The van der Waals surface area contributed by atoms with E-state index in [4.69, 9.17) is 4.74 Å². The van der Waals surface area contributed by atoms with Gasteiger partial charge < -0.3 is 9.84 Å². The second-order valence-corrected chi connectivity index (χ2v) is 6.40. The Labute approximate surface area is 123 Å². The molecule has 1 aromatic rings. The van der Waals surface area contributed by atoms with Crippen LogP contribution in [0.2, 0.25) is 0 Å². The number of aryl methyl sites for hydroxylation is 2. The lowest BCUT2D eigenvalue weighted by Gasteiger charge is -2.34. The van der Waals surface area contributed by atoms with Gasteiger partial charge in [0, 0.05) is 0 Å². The van der Waals surface area contributed by atoms with Crippen LogP contribution in [0.4, 0.5) is 0 Å². The molecule has 0 saturated heterocycles. The minimum Gasteiger partial charge on any atom is -0.487 e. The average molecular weight is 276 g/mol. The summed E-state index contributed by atoms with van der Waals surface area (Å²) >= 11 is 0. The maximum absolute atomic E-state index is 10.2. The SMILES string of the molecule is CCCC1CCC(O)C(Oc2cc(C)cc(C)c2C)C1. The van der Waals surface area contributed by atoms with Crippen molar-refractivity contribution < 1.29 is 9.84 Å². The lowest BCUT2D eigenvalue weighted by molar-refractivity contribution is -0.0120. The summed E-state index contributed by atoms with van der Waals surface area (Å²) in [5.41, 5.74) is 3.68. The Balaban J connectivity index is 2.11. The molecule has 3 atom stereocenters. The molecule has 0 amide bonds. The van der Waals surface area contributed by atoms with Gasteiger partial charge in [0.25, 0.3) is 0 Å². The fourth-order valence-electron chi connectivity index (χ4n) is 3.28. The third kappa shape index (κ3) is 3.54. The lowest BCUT2D eigenvalue weighted by Crippen LogP contribution is -2.38. The topological polar surface area (TPSA) is 29.5 Å². The van der Waals surface area contributed by atoms with Crippen molar-refractivity contribution in [3.8, 4) is 5.75 Å². The summed E-state index contributed by atoms with van der Waals surface area (Å²) in [4.78, 5) is 0. The van der Waals surface area contributed by atoms with Crippen LogP contribution in [0.25, 0.3) is 0 Å². The third-order valence-electron chi connectivity index (χ3n) is 4.60. The molecule has 3 unspecified atom stereocenters. The molecular weight excluding hydrogens is 248 g/mol. The van der Waals surface area contributed by atoms with Crippen LogP contribution in [-0.4, -0.2) is 17.3 Å². The maximum atomic E-state index is 10.2. The molecule has 1 aromatic carbocycles. The fourth-order valence-corrected chi connectivity index (χ4v) is 3.28. The Morgan fingerprint density at radius 1 is 1.20 bits per heavy atom. The van der Waals surface area contributed by atoms with Gasteiger partial charge in [-0.3, -0.25) is 0 Å². The number of hydrogen-bond donors (Lipinski definition) is 1. The van der Waals surface area contributed by atoms with Crippen LogP contribution in [0.15, 0.2) is 12.1 Å². The molecular formula is C18H28O2. The number of benzene rings is 1.